The fourth-order valence-corrected chi connectivity index (χ4v) is 1.25. The van der Waals surface area contributed by atoms with E-state index in [4.69, 9.17) is 5.53 Å². The highest BCUT2D eigenvalue weighted by Gasteiger charge is 2.17. The van der Waals surface area contributed by atoms with Gasteiger partial charge in [0.2, 0.25) is 5.91 Å². The average Bonchev–Trinajstić information content (AvgIpc) is 2.15. The summed E-state index contributed by atoms with van der Waals surface area (Å²) in [6, 6.07) is 0. The molecule has 0 saturated carbocycles. The Labute approximate surface area is 76.7 Å². The average molecular weight is 183 g/mol. The molecule has 1 fully saturated rings. The molecule has 0 bridgehead atoms. The molecule has 0 atom stereocenters. The summed E-state index contributed by atoms with van der Waals surface area (Å²) in [5.74, 6) is -0.0779. The van der Waals surface area contributed by atoms with Gasteiger partial charge in [-0.05, 0) is 12.6 Å². The van der Waals surface area contributed by atoms with E-state index in [2.05, 4.69) is 14.9 Å². The Balaban J connectivity index is 2.35. The lowest BCUT2D eigenvalue weighted by Gasteiger charge is -2.32. The van der Waals surface area contributed by atoms with Crippen LogP contribution in [-0.2, 0) is 4.79 Å². The van der Waals surface area contributed by atoms with Crippen molar-refractivity contribution in [2.45, 2.75) is 0 Å². The molecule has 0 radical (unpaired) electrons. The molecular formula is C7H13N5O. The van der Waals surface area contributed by atoms with E-state index >= 15 is 0 Å². The van der Waals surface area contributed by atoms with E-state index in [1.54, 1.807) is 4.90 Å². The lowest BCUT2D eigenvalue weighted by Crippen LogP contribution is -2.47. The van der Waals surface area contributed by atoms with Crippen LogP contribution in [0.4, 0.5) is 0 Å². The molecule has 1 heterocycles. The highest BCUT2D eigenvalue weighted by molar-refractivity contribution is 5.78. The Kier molecular flexibility index (Phi) is 3.54. The Bertz CT molecular complexity index is 227. The number of carbonyl (C=O) groups excluding carboxylic acids is 1. The predicted molar refractivity (Wildman–Crippen MR) is 48.1 cm³/mol. The second-order valence-electron chi connectivity index (χ2n) is 3.07. The first-order valence-corrected chi connectivity index (χ1v) is 4.21. The Hall–Kier alpha value is -1.26. The third-order valence-corrected chi connectivity index (χ3v) is 2.13. The summed E-state index contributed by atoms with van der Waals surface area (Å²) < 4.78 is 0. The van der Waals surface area contributed by atoms with Gasteiger partial charge >= 0.3 is 0 Å². The lowest BCUT2D eigenvalue weighted by molar-refractivity contribution is -0.131. The topological polar surface area (TPSA) is 72.3 Å². The zero-order valence-corrected chi connectivity index (χ0v) is 7.68. The third kappa shape index (κ3) is 2.93. The molecule has 0 aromatic rings. The van der Waals surface area contributed by atoms with Gasteiger partial charge in [-0.25, -0.2) is 0 Å². The monoisotopic (exact) mass is 183 g/mol. The van der Waals surface area contributed by atoms with Gasteiger partial charge in [0.1, 0.15) is 6.54 Å². The molecule has 0 aromatic heterocycles. The zero-order chi connectivity index (χ0) is 9.68. The quantitative estimate of drug-likeness (QED) is 0.345. The Morgan fingerprint density at radius 1 is 1.46 bits per heavy atom. The first-order chi connectivity index (χ1) is 6.24. The van der Waals surface area contributed by atoms with E-state index in [1.165, 1.54) is 0 Å². The van der Waals surface area contributed by atoms with Crippen molar-refractivity contribution in [1.29, 1.82) is 0 Å². The maximum absolute atomic E-state index is 11.3. The van der Waals surface area contributed by atoms with Crippen molar-refractivity contribution >= 4 is 5.91 Å². The molecule has 1 aliphatic rings. The van der Waals surface area contributed by atoms with Crippen LogP contribution in [0, 0.1) is 0 Å². The van der Waals surface area contributed by atoms with Gasteiger partial charge in [-0.3, -0.25) is 4.79 Å². The van der Waals surface area contributed by atoms with Crippen LogP contribution in [-0.4, -0.2) is 55.5 Å². The minimum absolute atomic E-state index is 0.0553. The lowest BCUT2D eigenvalue weighted by atomic mass is 10.3. The number of carbonyl (C=O) groups is 1. The fraction of sp³-hybridized carbons (Fsp3) is 0.857. The molecule has 0 aliphatic carbocycles. The number of rotatable bonds is 2. The van der Waals surface area contributed by atoms with Crippen molar-refractivity contribution in [2.24, 2.45) is 5.11 Å². The summed E-state index contributed by atoms with van der Waals surface area (Å²) in [6.07, 6.45) is 0. The molecule has 0 spiro atoms. The number of hydrogen-bond donors (Lipinski definition) is 0. The highest BCUT2D eigenvalue weighted by Crippen LogP contribution is 1.99. The van der Waals surface area contributed by atoms with Crippen LogP contribution in [0.3, 0.4) is 0 Å². The van der Waals surface area contributed by atoms with Gasteiger partial charge in [-0.1, -0.05) is 5.11 Å². The summed E-state index contributed by atoms with van der Waals surface area (Å²) in [4.78, 5) is 17.8. The minimum atomic E-state index is -0.0779. The first-order valence-electron chi connectivity index (χ1n) is 4.21. The molecule has 1 amide bonds. The third-order valence-electron chi connectivity index (χ3n) is 2.13. The van der Waals surface area contributed by atoms with Gasteiger partial charge in [-0.15, -0.1) is 0 Å². The van der Waals surface area contributed by atoms with Crippen molar-refractivity contribution in [3.05, 3.63) is 10.4 Å². The minimum Gasteiger partial charge on any atom is -0.340 e. The zero-order valence-electron chi connectivity index (χ0n) is 7.68. The predicted octanol–water partition coefficient (Wildman–Crippen LogP) is 0.0707. The Morgan fingerprint density at radius 2 is 2.08 bits per heavy atom. The summed E-state index contributed by atoms with van der Waals surface area (Å²) in [5.41, 5.74) is 8.03. The summed E-state index contributed by atoms with van der Waals surface area (Å²) in [7, 11) is 2.02. The maximum Gasteiger partial charge on any atom is 0.228 e. The molecule has 1 saturated heterocycles. The van der Waals surface area contributed by atoms with Crippen LogP contribution >= 0.6 is 0 Å². The van der Waals surface area contributed by atoms with E-state index in [-0.39, 0.29) is 12.5 Å². The van der Waals surface area contributed by atoms with Gasteiger partial charge in [0.05, 0.1) is 0 Å². The number of hydrogen-bond acceptors (Lipinski definition) is 3. The van der Waals surface area contributed by atoms with Crippen LogP contribution < -0.4 is 0 Å². The molecule has 0 N–H and O–H groups in total. The standard InChI is InChI=1S/C7H13N5O/c1-11-2-4-12(5-3-11)7(13)6-9-10-8/h2-6H2,1H3. The van der Waals surface area contributed by atoms with Gasteiger partial charge < -0.3 is 9.80 Å². The molecule has 0 unspecified atom stereocenters. The number of amides is 1. The molecule has 72 valence electrons. The maximum atomic E-state index is 11.3. The number of piperazine rings is 1. The van der Waals surface area contributed by atoms with E-state index in [0.717, 1.165) is 26.2 Å². The molecular weight excluding hydrogens is 170 g/mol. The normalized spacial score (nSPS) is 18.1. The number of nitrogens with zero attached hydrogens (tertiary/aromatic N) is 5. The number of azide groups is 1. The van der Waals surface area contributed by atoms with Gasteiger partial charge in [-0.2, -0.15) is 0 Å². The van der Waals surface area contributed by atoms with Crippen LogP contribution in [0.2, 0.25) is 0 Å². The molecule has 13 heavy (non-hydrogen) atoms. The van der Waals surface area contributed by atoms with E-state index in [0.29, 0.717) is 0 Å². The van der Waals surface area contributed by atoms with Crippen LogP contribution in [0.15, 0.2) is 5.11 Å². The highest BCUT2D eigenvalue weighted by atomic mass is 16.2. The molecule has 6 nitrogen and oxygen atoms in total. The molecule has 6 heteroatoms. The second kappa shape index (κ2) is 4.69. The molecule has 0 aromatic carbocycles. The van der Waals surface area contributed by atoms with E-state index in [9.17, 15) is 4.79 Å². The molecule has 1 aliphatic heterocycles. The van der Waals surface area contributed by atoms with Gasteiger partial charge in [0, 0.05) is 31.1 Å². The van der Waals surface area contributed by atoms with Crippen molar-refractivity contribution in [2.75, 3.05) is 39.8 Å². The fourth-order valence-electron chi connectivity index (χ4n) is 1.25. The first kappa shape index (κ1) is 9.83. The smallest absolute Gasteiger partial charge is 0.228 e. The second-order valence-corrected chi connectivity index (χ2v) is 3.07. The van der Waals surface area contributed by atoms with Crippen LogP contribution in [0.5, 0.6) is 0 Å². The number of likely N-dealkylation sites (N-methyl/N-ethyl adjacent to an activating group) is 1. The van der Waals surface area contributed by atoms with Crippen molar-refractivity contribution in [1.82, 2.24) is 9.80 Å². The van der Waals surface area contributed by atoms with Crippen molar-refractivity contribution in [3.8, 4) is 0 Å². The van der Waals surface area contributed by atoms with Crippen molar-refractivity contribution in [3.63, 3.8) is 0 Å². The van der Waals surface area contributed by atoms with Crippen LogP contribution in [0.1, 0.15) is 0 Å². The van der Waals surface area contributed by atoms with Gasteiger partial charge in [0.15, 0.2) is 0 Å². The summed E-state index contributed by atoms with van der Waals surface area (Å²) >= 11 is 0. The SMILES string of the molecule is CN1CCN(C(=O)CN=[N+]=[N-])CC1. The summed E-state index contributed by atoms with van der Waals surface area (Å²) in [5, 5.41) is 3.24. The van der Waals surface area contributed by atoms with Gasteiger partial charge in [0.25, 0.3) is 0 Å². The largest absolute Gasteiger partial charge is 0.340 e. The van der Waals surface area contributed by atoms with E-state index in [1.807, 2.05) is 7.05 Å². The van der Waals surface area contributed by atoms with E-state index < -0.39 is 0 Å². The summed E-state index contributed by atoms with van der Waals surface area (Å²) in [6.45, 7) is 3.19. The van der Waals surface area contributed by atoms with Crippen molar-refractivity contribution < 1.29 is 4.79 Å². The Morgan fingerprint density at radius 3 is 2.62 bits per heavy atom. The van der Waals surface area contributed by atoms with Crippen LogP contribution in [0.25, 0.3) is 10.4 Å². The molecule has 1 rings (SSSR count).